The van der Waals surface area contributed by atoms with E-state index in [0.29, 0.717) is 29.7 Å². The smallest absolute Gasteiger partial charge is 0.220 e. The molecule has 0 atom stereocenters. The van der Waals surface area contributed by atoms with Crippen molar-refractivity contribution >= 4 is 29.1 Å². The summed E-state index contributed by atoms with van der Waals surface area (Å²) < 4.78 is 1.66. The Hall–Kier alpha value is -1.52. The first-order chi connectivity index (χ1) is 10.6. The van der Waals surface area contributed by atoms with Gasteiger partial charge in [-0.3, -0.25) is 9.48 Å². The summed E-state index contributed by atoms with van der Waals surface area (Å²) in [7, 11) is 0. The lowest BCUT2D eigenvalue weighted by Crippen LogP contribution is -2.25. The van der Waals surface area contributed by atoms with Crippen LogP contribution in [-0.2, 0) is 17.8 Å². The fourth-order valence-electron chi connectivity index (χ4n) is 2.13. The first-order valence-electron chi connectivity index (χ1n) is 7.27. The maximum atomic E-state index is 11.8. The molecule has 6 heteroatoms. The van der Waals surface area contributed by atoms with Crippen LogP contribution >= 0.6 is 23.2 Å². The summed E-state index contributed by atoms with van der Waals surface area (Å²) in [6.07, 6.45) is 2.01. The monoisotopic (exact) mass is 339 g/mol. The number of nitrogens with zero attached hydrogens (tertiary/aromatic N) is 2. The zero-order valence-corrected chi connectivity index (χ0v) is 14.0. The van der Waals surface area contributed by atoms with Crippen molar-refractivity contribution in [2.75, 3.05) is 6.54 Å². The van der Waals surface area contributed by atoms with Crippen LogP contribution in [0.1, 0.15) is 24.1 Å². The van der Waals surface area contributed by atoms with Crippen LogP contribution < -0.4 is 5.32 Å². The van der Waals surface area contributed by atoms with Crippen LogP contribution in [0.5, 0.6) is 0 Å². The molecule has 2 aromatic rings. The van der Waals surface area contributed by atoms with Crippen LogP contribution in [0, 0.1) is 6.92 Å². The molecule has 2 rings (SSSR count). The van der Waals surface area contributed by atoms with E-state index in [0.717, 1.165) is 18.5 Å². The Balaban J connectivity index is 1.66. The van der Waals surface area contributed by atoms with Gasteiger partial charge in [-0.05, 0) is 25.3 Å². The number of carbonyl (C=O) groups is 1. The largest absolute Gasteiger partial charge is 0.356 e. The molecule has 0 aliphatic heterocycles. The summed E-state index contributed by atoms with van der Waals surface area (Å²) >= 11 is 12.0. The average molecular weight is 340 g/mol. The molecule has 0 spiro atoms. The summed E-state index contributed by atoms with van der Waals surface area (Å²) in [6, 6.07) is 9.98. The van der Waals surface area contributed by atoms with Gasteiger partial charge in [0, 0.05) is 19.5 Å². The Morgan fingerprint density at radius 3 is 2.64 bits per heavy atom. The lowest BCUT2D eigenvalue weighted by atomic mass is 10.1. The number of aryl methyl sites for hydroxylation is 3. The van der Waals surface area contributed by atoms with E-state index in [1.807, 2.05) is 37.3 Å². The number of benzene rings is 1. The molecular weight excluding hydrogens is 321 g/mol. The lowest BCUT2D eigenvalue weighted by molar-refractivity contribution is -0.121. The highest BCUT2D eigenvalue weighted by molar-refractivity contribution is 6.41. The summed E-state index contributed by atoms with van der Waals surface area (Å²) in [6.45, 7) is 3.04. The maximum absolute atomic E-state index is 11.8. The van der Waals surface area contributed by atoms with Crippen LogP contribution in [-0.4, -0.2) is 22.2 Å². The van der Waals surface area contributed by atoms with Gasteiger partial charge in [0.15, 0.2) is 0 Å². The van der Waals surface area contributed by atoms with Crippen molar-refractivity contribution in [1.29, 1.82) is 0 Å². The van der Waals surface area contributed by atoms with Gasteiger partial charge in [0.25, 0.3) is 0 Å². The van der Waals surface area contributed by atoms with Crippen LogP contribution in [0.15, 0.2) is 30.3 Å². The van der Waals surface area contributed by atoms with Gasteiger partial charge in [-0.2, -0.15) is 5.10 Å². The molecule has 4 nitrogen and oxygen atoms in total. The van der Waals surface area contributed by atoms with E-state index in [2.05, 4.69) is 10.4 Å². The number of nitrogens with one attached hydrogen (secondary N) is 1. The lowest BCUT2D eigenvalue weighted by Gasteiger charge is -2.06. The number of aromatic nitrogens is 2. The minimum Gasteiger partial charge on any atom is -0.356 e. The van der Waals surface area contributed by atoms with Crippen molar-refractivity contribution in [2.24, 2.45) is 0 Å². The summed E-state index contributed by atoms with van der Waals surface area (Å²) in [5.41, 5.74) is 1.89. The SMILES string of the molecule is Cc1nn(CCCNC(=O)CCc2ccccc2)c(Cl)c1Cl. The van der Waals surface area contributed by atoms with Gasteiger partial charge in [0.05, 0.1) is 5.69 Å². The molecule has 1 N–H and O–H groups in total. The molecule has 22 heavy (non-hydrogen) atoms. The van der Waals surface area contributed by atoms with Gasteiger partial charge in [0.1, 0.15) is 10.2 Å². The van der Waals surface area contributed by atoms with Gasteiger partial charge >= 0.3 is 0 Å². The van der Waals surface area contributed by atoms with Crippen LogP contribution in [0.4, 0.5) is 0 Å². The molecular formula is C16H19Cl2N3O. The predicted molar refractivity (Wildman–Crippen MR) is 89.4 cm³/mol. The average Bonchev–Trinajstić information content (AvgIpc) is 2.78. The maximum Gasteiger partial charge on any atom is 0.220 e. The third-order valence-electron chi connectivity index (χ3n) is 3.35. The van der Waals surface area contributed by atoms with E-state index in [1.165, 1.54) is 5.56 Å². The quantitative estimate of drug-likeness (QED) is 0.783. The second kappa shape index (κ2) is 8.20. The van der Waals surface area contributed by atoms with E-state index in [4.69, 9.17) is 23.2 Å². The highest BCUT2D eigenvalue weighted by Gasteiger charge is 2.10. The molecule has 1 amide bonds. The Morgan fingerprint density at radius 1 is 1.27 bits per heavy atom. The van der Waals surface area contributed by atoms with Crippen LogP contribution in [0.25, 0.3) is 0 Å². The number of carbonyl (C=O) groups excluding carboxylic acids is 1. The molecule has 1 heterocycles. The number of amides is 1. The van der Waals surface area contributed by atoms with E-state index in [-0.39, 0.29) is 5.91 Å². The van der Waals surface area contributed by atoms with E-state index < -0.39 is 0 Å². The fourth-order valence-corrected chi connectivity index (χ4v) is 2.52. The summed E-state index contributed by atoms with van der Waals surface area (Å²) in [4.78, 5) is 11.8. The number of halogens is 2. The van der Waals surface area contributed by atoms with E-state index >= 15 is 0 Å². The fraction of sp³-hybridized carbons (Fsp3) is 0.375. The molecule has 0 aliphatic rings. The van der Waals surface area contributed by atoms with Gasteiger partial charge < -0.3 is 5.32 Å². The highest BCUT2D eigenvalue weighted by atomic mass is 35.5. The predicted octanol–water partition coefficient (Wildman–Crippen LogP) is 3.64. The molecule has 0 fully saturated rings. The number of hydrogen-bond donors (Lipinski definition) is 1. The first kappa shape index (κ1) is 16.8. The van der Waals surface area contributed by atoms with Gasteiger partial charge in [0.2, 0.25) is 5.91 Å². The molecule has 118 valence electrons. The number of rotatable bonds is 7. The molecule has 0 unspecified atom stereocenters. The highest BCUT2D eigenvalue weighted by Crippen LogP contribution is 2.24. The van der Waals surface area contributed by atoms with Gasteiger partial charge in [-0.15, -0.1) is 0 Å². The van der Waals surface area contributed by atoms with Crippen molar-refractivity contribution in [3.05, 3.63) is 51.8 Å². The zero-order valence-electron chi connectivity index (χ0n) is 12.5. The molecule has 0 aliphatic carbocycles. The second-order valence-corrected chi connectivity index (χ2v) is 5.84. The minimum absolute atomic E-state index is 0.0598. The topological polar surface area (TPSA) is 46.9 Å². The van der Waals surface area contributed by atoms with E-state index in [9.17, 15) is 4.79 Å². The molecule has 1 aromatic heterocycles. The molecule has 0 saturated carbocycles. The van der Waals surface area contributed by atoms with Crippen molar-refractivity contribution in [1.82, 2.24) is 15.1 Å². The molecule has 1 aromatic carbocycles. The molecule has 0 bridgehead atoms. The Labute approximate surface area is 140 Å². The van der Waals surface area contributed by atoms with Gasteiger partial charge in [-0.25, -0.2) is 0 Å². The Bertz CT molecular complexity index is 626. The van der Waals surface area contributed by atoms with Crippen LogP contribution in [0.3, 0.4) is 0 Å². The molecule has 0 saturated heterocycles. The van der Waals surface area contributed by atoms with Crippen LogP contribution in [0.2, 0.25) is 10.2 Å². The summed E-state index contributed by atoms with van der Waals surface area (Å²) in [5.74, 6) is 0.0598. The van der Waals surface area contributed by atoms with Crippen molar-refractivity contribution in [3.63, 3.8) is 0 Å². The van der Waals surface area contributed by atoms with Gasteiger partial charge in [-0.1, -0.05) is 53.5 Å². The third-order valence-corrected chi connectivity index (χ3v) is 4.28. The summed E-state index contributed by atoms with van der Waals surface area (Å²) in [5, 5.41) is 8.10. The first-order valence-corrected chi connectivity index (χ1v) is 8.02. The number of hydrogen-bond acceptors (Lipinski definition) is 2. The molecule has 0 radical (unpaired) electrons. The van der Waals surface area contributed by atoms with Crippen molar-refractivity contribution in [3.8, 4) is 0 Å². The normalized spacial score (nSPS) is 10.7. The zero-order chi connectivity index (χ0) is 15.9. The Morgan fingerprint density at radius 2 is 2.00 bits per heavy atom. The van der Waals surface area contributed by atoms with E-state index in [1.54, 1.807) is 4.68 Å². The minimum atomic E-state index is 0.0598. The second-order valence-electron chi connectivity index (χ2n) is 5.10. The standard InChI is InChI=1S/C16H19Cl2N3O/c1-12-15(17)16(18)21(20-12)11-5-10-19-14(22)9-8-13-6-3-2-4-7-13/h2-4,6-7H,5,8-11H2,1H3,(H,19,22). The Kier molecular flexibility index (Phi) is 6.28. The van der Waals surface area contributed by atoms with Crippen molar-refractivity contribution < 1.29 is 4.79 Å². The van der Waals surface area contributed by atoms with Crippen molar-refractivity contribution in [2.45, 2.75) is 32.7 Å². The third kappa shape index (κ3) is 4.75.